The van der Waals surface area contributed by atoms with Gasteiger partial charge in [0.1, 0.15) is 17.7 Å². The van der Waals surface area contributed by atoms with Gasteiger partial charge in [0.25, 0.3) is 0 Å². The van der Waals surface area contributed by atoms with Crippen molar-refractivity contribution in [3.8, 4) is 5.75 Å². The van der Waals surface area contributed by atoms with Gasteiger partial charge in [-0.3, -0.25) is 0 Å². The van der Waals surface area contributed by atoms with Gasteiger partial charge in [0.2, 0.25) is 0 Å². The van der Waals surface area contributed by atoms with Crippen LogP contribution in [0.1, 0.15) is 11.7 Å². The molecule has 2 N–H and O–H groups in total. The lowest BCUT2D eigenvalue weighted by Gasteiger charge is -2.18. The van der Waals surface area contributed by atoms with E-state index in [9.17, 15) is 4.39 Å². The standard InChI is InChI=1S/C14H13BrFNO/c15-12-7-6-11(8-13(12)16)18-14(9-17)10-4-2-1-3-5-10/h1-8,14H,9,17H2. The summed E-state index contributed by atoms with van der Waals surface area (Å²) in [5.41, 5.74) is 6.67. The van der Waals surface area contributed by atoms with Crippen LogP contribution in [-0.2, 0) is 0 Å². The van der Waals surface area contributed by atoms with E-state index < -0.39 is 0 Å². The summed E-state index contributed by atoms with van der Waals surface area (Å²) >= 11 is 3.10. The second kappa shape index (κ2) is 5.98. The van der Waals surface area contributed by atoms with Crippen molar-refractivity contribution in [2.24, 2.45) is 5.73 Å². The Morgan fingerprint density at radius 2 is 1.89 bits per heavy atom. The molecule has 1 atom stereocenters. The lowest BCUT2D eigenvalue weighted by atomic mass is 10.1. The molecule has 2 rings (SSSR count). The molecule has 94 valence electrons. The Hall–Kier alpha value is -1.39. The second-order valence-corrected chi connectivity index (χ2v) is 4.68. The minimum atomic E-state index is -0.351. The van der Waals surface area contributed by atoms with E-state index in [2.05, 4.69) is 15.9 Å². The Morgan fingerprint density at radius 3 is 2.50 bits per heavy atom. The molecule has 4 heteroatoms. The molecule has 0 heterocycles. The van der Waals surface area contributed by atoms with Crippen LogP contribution in [0.4, 0.5) is 4.39 Å². The lowest BCUT2D eigenvalue weighted by molar-refractivity contribution is 0.213. The molecular weight excluding hydrogens is 297 g/mol. The van der Waals surface area contributed by atoms with Crippen LogP contribution in [0.2, 0.25) is 0 Å². The lowest BCUT2D eigenvalue weighted by Crippen LogP contribution is -2.18. The van der Waals surface area contributed by atoms with Crippen LogP contribution in [-0.4, -0.2) is 6.54 Å². The number of ether oxygens (including phenoxy) is 1. The number of halogens is 2. The van der Waals surface area contributed by atoms with Crippen LogP contribution in [0.15, 0.2) is 53.0 Å². The van der Waals surface area contributed by atoms with Gasteiger partial charge in [0, 0.05) is 12.6 Å². The Labute approximate surface area is 114 Å². The van der Waals surface area contributed by atoms with Gasteiger partial charge in [-0.2, -0.15) is 0 Å². The number of nitrogens with two attached hydrogens (primary N) is 1. The highest BCUT2D eigenvalue weighted by Gasteiger charge is 2.11. The van der Waals surface area contributed by atoms with Crippen LogP contribution >= 0.6 is 15.9 Å². The molecule has 2 aromatic rings. The molecule has 0 aliphatic carbocycles. The average Bonchev–Trinajstić information content (AvgIpc) is 2.41. The van der Waals surface area contributed by atoms with Crippen LogP contribution in [0.3, 0.4) is 0 Å². The summed E-state index contributed by atoms with van der Waals surface area (Å²) in [4.78, 5) is 0. The predicted octanol–water partition coefficient (Wildman–Crippen LogP) is 3.67. The van der Waals surface area contributed by atoms with Crippen molar-refractivity contribution >= 4 is 15.9 Å². The monoisotopic (exact) mass is 309 g/mol. The van der Waals surface area contributed by atoms with E-state index in [1.807, 2.05) is 30.3 Å². The largest absolute Gasteiger partial charge is 0.484 e. The van der Waals surface area contributed by atoms with E-state index in [0.29, 0.717) is 16.8 Å². The van der Waals surface area contributed by atoms with Crippen molar-refractivity contribution in [2.45, 2.75) is 6.10 Å². The molecule has 18 heavy (non-hydrogen) atoms. The second-order valence-electron chi connectivity index (χ2n) is 3.83. The first-order valence-corrected chi connectivity index (χ1v) is 6.36. The minimum absolute atomic E-state index is 0.272. The van der Waals surface area contributed by atoms with Gasteiger partial charge in [-0.1, -0.05) is 30.3 Å². The summed E-state index contributed by atoms with van der Waals surface area (Å²) < 4.78 is 19.5. The highest BCUT2D eigenvalue weighted by Crippen LogP contribution is 2.25. The molecule has 0 aliphatic heterocycles. The van der Waals surface area contributed by atoms with Gasteiger partial charge in [-0.05, 0) is 33.6 Å². The molecule has 0 spiro atoms. The number of hydrogen-bond acceptors (Lipinski definition) is 2. The Balaban J connectivity index is 2.18. The van der Waals surface area contributed by atoms with Gasteiger partial charge in [0.05, 0.1) is 4.47 Å². The maximum absolute atomic E-state index is 13.4. The molecule has 0 saturated carbocycles. The zero-order chi connectivity index (χ0) is 13.0. The summed E-state index contributed by atoms with van der Waals surface area (Å²) in [6, 6.07) is 14.3. The molecule has 2 aromatic carbocycles. The molecule has 1 unspecified atom stereocenters. The Morgan fingerprint density at radius 1 is 1.17 bits per heavy atom. The third-order valence-electron chi connectivity index (χ3n) is 2.55. The summed E-state index contributed by atoms with van der Waals surface area (Å²) in [5.74, 6) is 0.117. The van der Waals surface area contributed by atoms with E-state index in [1.54, 1.807) is 12.1 Å². The Bertz CT molecular complexity index is 518. The number of benzene rings is 2. The summed E-state index contributed by atoms with van der Waals surface area (Å²) in [6.45, 7) is 0.335. The zero-order valence-electron chi connectivity index (χ0n) is 9.64. The van der Waals surface area contributed by atoms with Crippen molar-refractivity contribution in [1.82, 2.24) is 0 Å². The molecule has 0 aromatic heterocycles. The quantitative estimate of drug-likeness (QED) is 0.935. The fourth-order valence-electron chi connectivity index (χ4n) is 1.63. The van der Waals surface area contributed by atoms with Crippen molar-refractivity contribution < 1.29 is 9.13 Å². The average molecular weight is 310 g/mol. The van der Waals surface area contributed by atoms with Crippen LogP contribution in [0.5, 0.6) is 5.75 Å². The fourth-order valence-corrected chi connectivity index (χ4v) is 1.88. The van der Waals surface area contributed by atoms with Gasteiger partial charge in [0.15, 0.2) is 0 Å². The summed E-state index contributed by atoms with van der Waals surface area (Å²) in [5, 5.41) is 0. The van der Waals surface area contributed by atoms with E-state index in [4.69, 9.17) is 10.5 Å². The molecule has 0 amide bonds. The molecular formula is C14H13BrFNO. The first-order valence-electron chi connectivity index (χ1n) is 5.57. The summed E-state index contributed by atoms with van der Waals surface area (Å²) in [6.07, 6.45) is -0.272. The van der Waals surface area contributed by atoms with Crippen molar-refractivity contribution in [1.29, 1.82) is 0 Å². The van der Waals surface area contributed by atoms with E-state index in [-0.39, 0.29) is 11.9 Å². The molecule has 2 nitrogen and oxygen atoms in total. The molecule has 0 saturated heterocycles. The van der Waals surface area contributed by atoms with Gasteiger partial charge in [-0.25, -0.2) is 4.39 Å². The van der Waals surface area contributed by atoms with Crippen LogP contribution < -0.4 is 10.5 Å². The van der Waals surface area contributed by atoms with Crippen molar-refractivity contribution in [3.63, 3.8) is 0 Å². The van der Waals surface area contributed by atoms with Gasteiger partial charge in [-0.15, -0.1) is 0 Å². The number of rotatable bonds is 4. The van der Waals surface area contributed by atoms with E-state index in [1.165, 1.54) is 6.07 Å². The number of hydrogen-bond donors (Lipinski definition) is 1. The van der Waals surface area contributed by atoms with Gasteiger partial charge < -0.3 is 10.5 Å². The van der Waals surface area contributed by atoms with Crippen LogP contribution in [0.25, 0.3) is 0 Å². The van der Waals surface area contributed by atoms with Crippen LogP contribution in [0, 0.1) is 5.82 Å². The smallest absolute Gasteiger partial charge is 0.141 e. The highest BCUT2D eigenvalue weighted by atomic mass is 79.9. The first-order chi connectivity index (χ1) is 8.70. The van der Waals surface area contributed by atoms with Gasteiger partial charge >= 0.3 is 0 Å². The maximum Gasteiger partial charge on any atom is 0.141 e. The zero-order valence-corrected chi connectivity index (χ0v) is 11.2. The van der Waals surface area contributed by atoms with Crippen molar-refractivity contribution in [3.05, 3.63) is 64.4 Å². The SMILES string of the molecule is NCC(Oc1ccc(Br)c(F)c1)c1ccccc1. The minimum Gasteiger partial charge on any atom is -0.484 e. The predicted molar refractivity (Wildman–Crippen MR) is 73.0 cm³/mol. The molecule has 0 radical (unpaired) electrons. The molecule has 0 aliphatic rings. The Kier molecular flexibility index (Phi) is 4.33. The molecule has 0 bridgehead atoms. The molecule has 0 fully saturated rings. The third-order valence-corrected chi connectivity index (χ3v) is 3.20. The topological polar surface area (TPSA) is 35.2 Å². The first kappa shape index (κ1) is 13.1. The fraction of sp³-hybridized carbons (Fsp3) is 0.143. The van der Waals surface area contributed by atoms with E-state index in [0.717, 1.165) is 5.56 Å². The third kappa shape index (κ3) is 3.09. The maximum atomic E-state index is 13.4. The normalized spacial score (nSPS) is 12.2. The highest BCUT2D eigenvalue weighted by molar-refractivity contribution is 9.10. The summed E-state index contributed by atoms with van der Waals surface area (Å²) in [7, 11) is 0. The van der Waals surface area contributed by atoms with Crippen molar-refractivity contribution in [2.75, 3.05) is 6.54 Å². The van der Waals surface area contributed by atoms with E-state index >= 15 is 0 Å².